The Morgan fingerprint density at radius 3 is 2.55 bits per heavy atom. The van der Waals surface area contributed by atoms with E-state index in [1.807, 2.05) is 53.4 Å². The van der Waals surface area contributed by atoms with Gasteiger partial charge in [0, 0.05) is 18.9 Å². The maximum Gasteiger partial charge on any atom is 0.226 e. The van der Waals surface area contributed by atoms with Crippen LogP contribution in [0.1, 0.15) is 30.4 Å². The van der Waals surface area contributed by atoms with Crippen molar-refractivity contribution in [2.24, 2.45) is 11.1 Å². The van der Waals surface area contributed by atoms with Gasteiger partial charge in [-0.05, 0) is 60.4 Å². The number of methoxy groups -OCH3 is 2. The highest BCUT2D eigenvalue weighted by atomic mass is 16.6. The Balaban J connectivity index is 1.42. The lowest BCUT2D eigenvalue weighted by molar-refractivity contribution is -0.135. The number of benzene rings is 2. The molecule has 152 valence electrons. The number of carbonyl (C=O) groups is 1. The fourth-order valence-electron chi connectivity index (χ4n) is 3.54. The van der Waals surface area contributed by atoms with E-state index in [1.165, 1.54) is 0 Å². The highest BCUT2D eigenvalue weighted by molar-refractivity contribution is 6.01. The van der Waals surface area contributed by atoms with Crippen molar-refractivity contribution in [2.75, 3.05) is 20.8 Å². The van der Waals surface area contributed by atoms with Crippen LogP contribution in [0.25, 0.3) is 0 Å². The van der Waals surface area contributed by atoms with Gasteiger partial charge in [0.15, 0.2) is 6.10 Å². The van der Waals surface area contributed by atoms with Crippen LogP contribution in [-0.4, -0.2) is 43.4 Å². The Bertz CT molecular complexity index is 890. The number of amides is 1. The number of nitrogens with zero attached hydrogens (tertiary/aromatic N) is 2. The molecule has 0 spiro atoms. The van der Waals surface area contributed by atoms with Gasteiger partial charge >= 0.3 is 0 Å². The Hall–Kier alpha value is -3.02. The molecule has 1 aliphatic heterocycles. The van der Waals surface area contributed by atoms with E-state index in [1.54, 1.807) is 14.2 Å². The molecule has 1 atom stereocenters. The molecule has 0 aromatic heterocycles. The summed E-state index contributed by atoms with van der Waals surface area (Å²) in [6, 6.07) is 15.6. The third kappa shape index (κ3) is 4.70. The molecule has 1 heterocycles. The first-order valence-electron chi connectivity index (χ1n) is 9.95. The van der Waals surface area contributed by atoms with Crippen molar-refractivity contribution in [2.45, 2.75) is 31.9 Å². The molecule has 1 fully saturated rings. The first kappa shape index (κ1) is 19.3. The van der Waals surface area contributed by atoms with E-state index in [2.05, 4.69) is 5.16 Å². The smallest absolute Gasteiger partial charge is 0.226 e. The highest BCUT2D eigenvalue weighted by Crippen LogP contribution is 2.32. The van der Waals surface area contributed by atoms with Crippen molar-refractivity contribution in [3.63, 3.8) is 0 Å². The maximum atomic E-state index is 12.9. The minimum atomic E-state index is -0.139. The van der Waals surface area contributed by atoms with Gasteiger partial charge in [0.25, 0.3) is 0 Å². The summed E-state index contributed by atoms with van der Waals surface area (Å²) in [5.74, 6) is 1.96. The van der Waals surface area contributed by atoms with Gasteiger partial charge in [-0.15, -0.1) is 0 Å². The van der Waals surface area contributed by atoms with Crippen LogP contribution < -0.4 is 9.47 Å². The van der Waals surface area contributed by atoms with E-state index >= 15 is 0 Å². The van der Waals surface area contributed by atoms with Crippen molar-refractivity contribution < 1.29 is 19.1 Å². The molecule has 0 radical (unpaired) electrons. The molecule has 2 aliphatic rings. The van der Waals surface area contributed by atoms with Gasteiger partial charge in [-0.25, -0.2) is 0 Å². The molecule has 1 saturated carbocycles. The number of rotatable bonds is 8. The topological polar surface area (TPSA) is 60.4 Å². The summed E-state index contributed by atoms with van der Waals surface area (Å²) >= 11 is 0. The standard InChI is InChI=1S/C23H26N2O4/c1-27-19-10-8-17(9-11-19)22-13-21(29-24-22)15-25(23(26)18-6-7-18)14-16-4-3-5-20(12-16)28-2/h3-5,8-12,18,21H,6-7,13-15H2,1-2H3/t21-/m0/s1. The number of hydrogen-bond acceptors (Lipinski definition) is 5. The zero-order valence-corrected chi connectivity index (χ0v) is 16.8. The van der Waals surface area contributed by atoms with Gasteiger partial charge in [0.05, 0.1) is 26.5 Å². The Morgan fingerprint density at radius 2 is 1.86 bits per heavy atom. The van der Waals surface area contributed by atoms with Gasteiger partial charge in [-0.3, -0.25) is 4.79 Å². The predicted octanol–water partition coefficient (Wildman–Crippen LogP) is 3.64. The van der Waals surface area contributed by atoms with Crippen molar-refractivity contribution in [3.8, 4) is 11.5 Å². The summed E-state index contributed by atoms with van der Waals surface area (Å²) < 4.78 is 10.5. The number of oxime groups is 1. The normalized spacial score (nSPS) is 18.0. The molecular weight excluding hydrogens is 368 g/mol. The molecule has 4 rings (SSSR count). The van der Waals surface area contributed by atoms with Crippen LogP contribution in [0.15, 0.2) is 53.7 Å². The first-order valence-corrected chi connectivity index (χ1v) is 9.95. The number of hydrogen-bond donors (Lipinski definition) is 0. The minimum Gasteiger partial charge on any atom is -0.497 e. The van der Waals surface area contributed by atoms with E-state index in [9.17, 15) is 4.79 Å². The van der Waals surface area contributed by atoms with Crippen LogP contribution in [0.5, 0.6) is 11.5 Å². The van der Waals surface area contributed by atoms with Crippen LogP contribution >= 0.6 is 0 Å². The molecule has 0 saturated heterocycles. The van der Waals surface area contributed by atoms with Gasteiger partial charge in [0.2, 0.25) is 5.91 Å². The van der Waals surface area contributed by atoms with E-state index < -0.39 is 0 Å². The molecule has 6 nitrogen and oxygen atoms in total. The average Bonchev–Trinajstić information content (AvgIpc) is 3.51. The van der Waals surface area contributed by atoms with Crippen molar-refractivity contribution >= 4 is 11.6 Å². The molecule has 2 aromatic carbocycles. The van der Waals surface area contributed by atoms with Crippen LogP contribution in [0.2, 0.25) is 0 Å². The predicted molar refractivity (Wildman–Crippen MR) is 110 cm³/mol. The first-order chi connectivity index (χ1) is 14.2. The fraction of sp³-hybridized carbons (Fsp3) is 0.391. The zero-order chi connectivity index (χ0) is 20.2. The summed E-state index contributed by atoms with van der Waals surface area (Å²) in [5.41, 5.74) is 2.96. The highest BCUT2D eigenvalue weighted by Gasteiger charge is 2.35. The monoisotopic (exact) mass is 394 g/mol. The molecule has 1 amide bonds. The Kier molecular flexibility index (Phi) is 5.69. The quantitative estimate of drug-likeness (QED) is 0.686. The molecular formula is C23H26N2O4. The third-order valence-corrected chi connectivity index (χ3v) is 5.33. The lowest BCUT2D eigenvalue weighted by Crippen LogP contribution is -2.38. The lowest BCUT2D eigenvalue weighted by atomic mass is 10.0. The van der Waals surface area contributed by atoms with Gasteiger partial charge in [-0.1, -0.05) is 17.3 Å². The van der Waals surface area contributed by atoms with E-state index in [4.69, 9.17) is 14.3 Å². The van der Waals surface area contributed by atoms with Crippen molar-refractivity contribution in [1.82, 2.24) is 4.90 Å². The van der Waals surface area contributed by atoms with Crippen molar-refractivity contribution in [1.29, 1.82) is 0 Å². The molecule has 29 heavy (non-hydrogen) atoms. The summed E-state index contributed by atoms with van der Waals surface area (Å²) in [6.45, 7) is 1.07. The van der Waals surface area contributed by atoms with Gasteiger partial charge in [0.1, 0.15) is 11.5 Å². The third-order valence-electron chi connectivity index (χ3n) is 5.33. The maximum absolute atomic E-state index is 12.9. The Morgan fingerprint density at radius 1 is 1.10 bits per heavy atom. The van der Waals surface area contributed by atoms with E-state index in [0.717, 1.165) is 41.2 Å². The lowest BCUT2D eigenvalue weighted by Gasteiger charge is -2.25. The number of ether oxygens (including phenoxy) is 2. The molecule has 0 N–H and O–H groups in total. The summed E-state index contributed by atoms with van der Waals surface area (Å²) in [5, 5.41) is 4.27. The zero-order valence-electron chi connectivity index (χ0n) is 16.8. The SMILES string of the molecule is COc1ccc(C2=NO[C@H](CN(Cc3cccc(OC)c3)C(=O)C3CC3)C2)cc1. The molecule has 0 unspecified atom stereocenters. The molecule has 2 aromatic rings. The van der Waals surface area contributed by atoms with E-state index in [-0.39, 0.29) is 17.9 Å². The fourth-order valence-corrected chi connectivity index (χ4v) is 3.54. The van der Waals surface area contributed by atoms with Crippen LogP contribution in [-0.2, 0) is 16.2 Å². The van der Waals surface area contributed by atoms with Gasteiger partial charge < -0.3 is 19.2 Å². The summed E-state index contributed by atoms with van der Waals surface area (Å²) in [6.07, 6.45) is 2.50. The van der Waals surface area contributed by atoms with E-state index in [0.29, 0.717) is 19.5 Å². The summed E-state index contributed by atoms with van der Waals surface area (Å²) in [7, 11) is 3.30. The molecule has 0 bridgehead atoms. The summed E-state index contributed by atoms with van der Waals surface area (Å²) in [4.78, 5) is 20.4. The second-order valence-corrected chi connectivity index (χ2v) is 7.54. The minimum absolute atomic E-state index is 0.139. The molecule has 1 aliphatic carbocycles. The molecule has 6 heteroatoms. The second-order valence-electron chi connectivity index (χ2n) is 7.54. The van der Waals surface area contributed by atoms with Crippen molar-refractivity contribution in [3.05, 3.63) is 59.7 Å². The largest absolute Gasteiger partial charge is 0.497 e. The van der Waals surface area contributed by atoms with Crippen LogP contribution in [0.3, 0.4) is 0 Å². The van der Waals surface area contributed by atoms with Crippen LogP contribution in [0, 0.1) is 5.92 Å². The van der Waals surface area contributed by atoms with Gasteiger partial charge in [-0.2, -0.15) is 0 Å². The number of carbonyl (C=O) groups excluding carboxylic acids is 1. The second kappa shape index (κ2) is 8.55. The average molecular weight is 394 g/mol. The van der Waals surface area contributed by atoms with Crippen LogP contribution in [0.4, 0.5) is 0 Å². The Labute approximate surface area is 171 Å².